The highest BCUT2D eigenvalue weighted by Crippen LogP contribution is 2.07. The second-order valence-corrected chi connectivity index (χ2v) is 3.51. The van der Waals surface area contributed by atoms with Gasteiger partial charge in [0.2, 0.25) is 0 Å². The van der Waals surface area contributed by atoms with E-state index in [2.05, 4.69) is 21.4 Å². The Kier molecular flexibility index (Phi) is 3.33. The zero-order valence-electron chi connectivity index (χ0n) is 8.93. The molecular weight excluding hydrogens is 200 g/mol. The Balaban J connectivity index is 1.82. The van der Waals surface area contributed by atoms with E-state index in [1.807, 2.05) is 18.3 Å². The van der Waals surface area contributed by atoms with Gasteiger partial charge in [-0.05, 0) is 30.2 Å². The number of hydrogen-bond acceptors (Lipinski definition) is 4. The average Bonchev–Trinajstić information content (AvgIpc) is 2.33. The Morgan fingerprint density at radius 2 is 2.12 bits per heavy atom. The van der Waals surface area contributed by atoms with Crippen LogP contribution in [0.5, 0.6) is 0 Å². The van der Waals surface area contributed by atoms with Gasteiger partial charge in [0.25, 0.3) is 0 Å². The molecule has 0 aliphatic heterocycles. The number of rotatable bonds is 4. The summed E-state index contributed by atoms with van der Waals surface area (Å²) in [5, 5.41) is 3.27. The number of nitrogens with two attached hydrogens (primary N) is 1. The van der Waals surface area contributed by atoms with E-state index >= 15 is 0 Å². The number of pyridine rings is 2. The molecule has 0 saturated carbocycles. The summed E-state index contributed by atoms with van der Waals surface area (Å²) >= 11 is 0. The van der Waals surface area contributed by atoms with Gasteiger partial charge < -0.3 is 11.1 Å². The number of nitrogens with one attached hydrogen (secondary N) is 1. The molecule has 2 aromatic rings. The maximum Gasteiger partial charge on any atom is 0.123 e. The summed E-state index contributed by atoms with van der Waals surface area (Å²) in [5.41, 5.74) is 7.70. The SMILES string of the molecule is Nc1ccc(NCCc2cccnc2)cn1. The van der Waals surface area contributed by atoms with Crippen LogP contribution < -0.4 is 11.1 Å². The number of nitrogens with zero attached hydrogens (tertiary/aromatic N) is 2. The minimum absolute atomic E-state index is 0.540. The first-order valence-corrected chi connectivity index (χ1v) is 5.19. The van der Waals surface area contributed by atoms with Gasteiger partial charge in [0, 0.05) is 18.9 Å². The first-order valence-electron chi connectivity index (χ1n) is 5.19. The van der Waals surface area contributed by atoms with E-state index < -0.39 is 0 Å². The molecule has 2 rings (SSSR count). The minimum Gasteiger partial charge on any atom is -0.384 e. The Hall–Kier alpha value is -2.10. The summed E-state index contributed by atoms with van der Waals surface area (Å²) in [5.74, 6) is 0.540. The van der Waals surface area contributed by atoms with Gasteiger partial charge in [-0.3, -0.25) is 4.98 Å². The smallest absolute Gasteiger partial charge is 0.123 e. The molecule has 0 fully saturated rings. The third-order valence-corrected chi connectivity index (χ3v) is 2.25. The van der Waals surface area contributed by atoms with Crippen molar-refractivity contribution in [3.05, 3.63) is 48.4 Å². The first kappa shape index (κ1) is 10.4. The molecule has 16 heavy (non-hydrogen) atoms. The number of nitrogen functional groups attached to an aromatic ring is 1. The summed E-state index contributed by atoms with van der Waals surface area (Å²) in [6.07, 6.45) is 6.33. The van der Waals surface area contributed by atoms with E-state index in [4.69, 9.17) is 5.73 Å². The van der Waals surface area contributed by atoms with Crippen molar-refractivity contribution in [2.45, 2.75) is 6.42 Å². The first-order chi connectivity index (χ1) is 7.84. The third-order valence-electron chi connectivity index (χ3n) is 2.25. The third kappa shape index (κ3) is 2.95. The normalized spacial score (nSPS) is 10.0. The van der Waals surface area contributed by atoms with E-state index in [0.29, 0.717) is 5.82 Å². The quantitative estimate of drug-likeness (QED) is 0.813. The van der Waals surface area contributed by atoms with Crippen LogP contribution >= 0.6 is 0 Å². The molecule has 2 heterocycles. The average molecular weight is 214 g/mol. The lowest BCUT2D eigenvalue weighted by atomic mass is 10.2. The van der Waals surface area contributed by atoms with E-state index in [9.17, 15) is 0 Å². The molecule has 82 valence electrons. The van der Waals surface area contributed by atoms with Gasteiger partial charge in [-0.15, -0.1) is 0 Å². The Morgan fingerprint density at radius 1 is 1.19 bits per heavy atom. The molecule has 0 saturated heterocycles. The van der Waals surface area contributed by atoms with Crippen LogP contribution in [0.15, 0.2) is 42.9 Å². The summed E-state index contributed by atoms with van der Waals surface area (Å²) in [4.78, 5) is 8.07. The zero-order valence-corrected chi connectivity index (χ0v) is 8.93. The molecule has 0 radical (unpaired) electrons. The van der Waals surface area contributed by atoms with Crippen LogP contribution in [0.2, 0.25) is 0 Å². The standard InChI is InChI=1S/C12H14N4/c13-12-4-3-11(9-16-12)15-7-5-10-2-1-6-14-8-10/h1-4,6,8-9,15H,5,7H2,(H2,13,16). The van der Waals surface area contributed by atoms with Crippen LogP contribution in [0.3, 0.4) is 0 Å². The second kappa shape index (κ2) is 5.11. The van der Waals surface area contributed by atoms with Crippen molar-refractivity contribution in [2.24, 2.45) is 0 Å². The molecule has 4 heteroatoms. The largest absolute Gasteiger partial charge is 0.384 e. The highest BCUT2D eigenvalue weighted by molar-refractivity contribution is 5.45. The number of hydrogen-bond donors (Lipinski definition) is 2. The fourth-order valence-corrected chi connectivity index (χ4v) is 1.41. The monoisotopic (exact) mass is 214 g/mol. The summed E-state index contributed by atoms with van der Waals surface area (Å²) < 4.78 is 0. The Bertz CT molecular complexity index is 425. The molecule has 4 nitrogen and oxygen atoms in total. The van der Waals surface area contributed by atoms with E-state index in [0.717, 1.165) is 18.7 Å². The lowest BCUT2D eigenvalue weighted by molar-refractivity contribution is 1.00. The van der Waals surface area contributed by atoms with Crippen molar-refractivity contribution < 1.29 is 0 Å². The van der Waals surface area contributed by atoms with Gasteiger partial charge in [0.05, 0.1) is 11.9 Å². The molecule has 0 spiro atoms. The van der Waals surface area contributed by atoms with Crippen LogP contribution in [-0.2, 0) is 6.42 Å². The summed E-state index contributed by atoms with van der Waals surface area (Å²) in [6, 6.07) is 7.72. The van der Waals surface area contributed by atoms with Crippen molar-refractivity contribution in [1.29, 1.82) is 0 Å². The molecule has 0 bridgehead atoms. The Morgan fingerprint density at radius 3 is 2.81 bits per heavy atom. The molecular formula is C12H14N4. The van der Waals surface area contributed by atoms with Gasteiger partial charge in [-0.2, -0.15) is 0 Å². The maximum atomic E-state index is 5.50. The molecule has 3 N–H and O–H groups in total. The Labute approximate surface area is 94.5 Å². The molecule has 0 aliphatic rings. The number of aromatic nitrogens is 2. The van der Waals surface area contributed by atoms with Crippen molar-refractivity contribution in [2.75, 3.05) is 17.6 Å². The van der Waals surface area contributed by atoms with Gasteiger partial charge >= 0.3 is 0 Å². The lowest BCUT2D eigenvalue weighted by Crippen LogP contribution is -2.05. The summed E-state index contributed by atoms with van der Waals surface area (Å²) in [6.45, 7) is 0.858. The van der Waals surface area contributed by atoms with Crippen LogP contribution in [0.1, 0.15) is 5.56 Å². The lowest BCUT2D eigenvalue weighted by Gasteiger charge is -2.05. The molecule has 0 unspecified atom stereocenters. The van der Waals surface area contributed by atoms with Gasteiger partial charge in [-0.25, -0.2) is 4.98 Å². The van der Waals surface area contributed by atoms with Crippen molar-refractivity contribution >= 4 is 11.5 Å². The highest BCUT2D eigenvalue weighted by Gasteiger charge is 1.94. The van der Waals surface area contributed by atoms with Crippen molar-refractivity contribution in [3.63, 3.8) is 0 Å². The second-order valence-electron chi connectivity index (χ2n) is 3.51. The van der Waals surface area contributed by atoms with Crippen LogP contribution in [-0.4, -0.2) is 16.5 Å². The van der Waals surface area contributed by atoms with Crippen molar-refractivity contribution in [3.8, 4) is 0 Å². The molecule has 0 amide bonds. The fraction of sp³-hybridized carbons (Fsp3) is 0.167. The fourth-order valence-electron chi connectivity index (χ4n) is 1.41. The van der Waals surface area contributed by atoms with Crippen LogP contribution in [0.25, 0.3) is 0 Å². The van der Waals surface area contributed by atoms with Gasteiger partial charge in [0.1, 0.15) is 5.82 Å². The zero-order chi connectivity index (χ0) is 11.2. The molecule has 0 aliphatic carbocycles. The van der Waals surface area contributed by atoms with E-state index in [1.165, 1.54) is 5.56 Å². The predicted molar refractivity (Wildman–Crippen MR) is 65.1 cm³/mol. The van der Waals surface area contributed by atoms with Crippen molar-refractivity contribution in [1.82, 2.24) is 9.97 Å². The van der Waals surface area contributed by atoms with Crippen LogP contribution in [0, 0.1) is 0 Å². The predicted octanol–water partition coefficient (Wildman–Crippen LogP) is 1.71. The molecule has 2 aromatic heterocycles. The molecule has 0 atom stereocenters. The minimum atomic E-state index is 0.540. The van der Waals surface area contributed by atoms with Crippen LogP contribution in [0.4, 0.5) is 11.5 Å². The highest BCUT2D eigenvalue weighted by atomic mass is 14.9. The van der Waals surface area contributed by atoms with E-state index in [1.54, 1.807) is 18.5 Å². The number of anilines is 2. The maximum absolute atomic E-state index is 5.50. The van der Waals surface area contributed by atoms with Gasteiger partial charge in [-0.1, -0.05) is 6.07 Å². The summed E-state index contributed by atoms with van der Waals surface area (Å²) in [7, 11) is 0. The van der Waals surface area contributed by atoms with E-state index in [-0.39, 0.29) is 0 Å². The molecule has 0 aromatic carbocycles. The van der Waals surface area contributed by atoms with Gasteiger partial charge in [0.15, 0.2) is 0 Å². The topological polar surface area (TPSA) is 63.8 Å².